The van der Waals surface area contributed by atoms with Crippen molar-refractivity contribution in [3.63, 3.8) is 0 Å². The van der Waals surface area contributed by atoms with E-state index in [2.05, 4.69) is 14.7 Å². The van der Waals surface area contributed by atoms with Crippen molar-refractivity contribution in [1.82, 2.24) is 0 Å². The summed E-state index contributed by atoms with van der Waals surface area (Å²) in [5.74, 6) is 0.393. The highest BCUT2D eigenvalue weighted by molar-refractivity contribution is 7.84. The molecule has 126 valence electrons. The topological polar surface area (TPSA) is 74.3 Å². The lowest BCUT2D eigenvalue weighted by Crippen LogP contribution is -2.78. The second-order valence-electron chi connectivity index (χ2n) is 5.20. The molecular formula is C18H16FN3O2S+2. The number of pyridine rings is 1. The van der Waals surface area contributed by atoms with Gasteiger partial charge in [-0.15, -0.1) is 0 Å². The van der Waals surface area contributed by atoms with Crippen LogP contribution in [-0.4, -0.2) is 14.3 Å². The van der Waals surface area contributed by atoms with Crippen LogP contribution in [0.4, 0.5) is 10.2 Å². The number of nitrogens with one attached hydrogen (secondary N) is 3. The molecule has 0 saturated carbocycles. The summed E-state index contributed by atoms with van der Waals surface area (Å²) in [6, 6.07) is 18.9. The number of H-pyrrole nitrogens is 1. The van der Waals surface area contributed by atoms with E-state index in [-0.39, 0.29) is 10.7 Å². The Labute approximate surface area is 145 Å². The first-order valence-corrected chi connectivity index (χ1v) is 8.97. The monoisotopic (exact) mass is 357 g/mol. The van der Waals surface area contributed by atoms with Crippen molar-refractivity contribution in [2.75, 3.05) is 5.32 Å². The molecule has 0 fully saturated rings. The van der Waals surface area contributed by atoms with Gasteiger partial charge in [-0.2, -0.15) is 12.8 Å². The van der Waals surface area contributed by atoms with Gasteiger partial charge in [0.25, 0.3) is 11.7 Å². The van der Waals surface area contributed by atoms with E-state index in [0.717, 1.165) is 0 Å². The summed E-state index contributed by atoms with van der Waals surface area (Å²) in [4.78, 5) is 3.10. The number of anilines is 1. The number of amidine groups is 1. The zero-order valence-corrected chi connectivity index (χ0v) is 13.9. The number of rotatable bonds is 4. The standard InChI is InChI=1S/C18H14FN3O2S/c19-15-11-9-14(10-12-15)18(21-17-8-4-5-13-20-17)22-25(23,24)16-6-2-1-3-7-16/h1-13H,(H,20,21,22)/p+2. The number of hydrogen-bond acceptors (Lipinski definition) is 2. The van der Waals surface area contributed by atoms with Crippen molar-refractivity contribution in [2.45, 2.75) is 4.90 Å². The normalized spacial score (nSPS) is 12.0. The lowest BCUT2D eigenvalue weighted by molar-refractivity contribution is -0.361. The maximum atomic E-state index is 13.2. The molecule has 3 N–H and O–H groups in total. The van der Waals surface area contributed by atoms with Gasteiger partial charge in [-0.25, -0.2) is 14.7 Å². The van der Waals surface area contributed by atoms with E-state index in [1.807, 2.05) is 0 Å². The van der Waals surface area contributed by atoms with Gasteiger partial charge in [0.1, 0.15) is 10.7 Å². The van der Waals surface area contributed by atoms with Crippen molar-refractivity contribution in [2.24, 2.45) is 0 Å². The third-order valence-electron chi connectivity index (χ3n) is 3.39. The fraction of sp³-hybridized carbons (Fsp3) is 0. The third-order valence-corrected chi connectivity index (χ3v) is 4.76. The molecule has 0 atom stereocenters. The van der Waals surface area contributed by atoms with Crippen LogP contribution in [0.1, 0.15) is 5.56 Å². The Morgan fingerprint density at radius 3 is 2.24 bits per heavy atom. The van der Waals surface area contributed by atoms with E-state index in [1.165, 1.54) is 36.4 Å². The van der Waals surface area contributed by atoms with E-state index in [1.54, 1.807) is 42.6 Å². The number of halogens is 1. The maximum Gasteiger partial charge on any atom is 0.328 e. The number of aromatic nitrogens is 1. The number of benzene rings is 2. The molecule has 0 unspecified atom stereocenters. The molecule has 5 nitrogen and oxygen atoms in total. The van der Waals surface area contributed by atoms with E-state index < -0.39 is 15.8 Å². The third kappa shape index (κ3) is 4.27. The predicted octanol–water partition coefficient (Wildman–Crippen LogP) is 0.968. The molecule has 0 saturated heterocycles. The largest absolute Gasteiger partial charge is 0.328 e. The van der Waals surface area contributed by atoms with Gasteiger partial charge in [0, 0.05) is 6.07 Å². The summed E-state index contributed by atoms with van der Waals surface area (Å²) >= 11 is 0. The van der Waals surface area contributed by atoms with Crippen LogP contribution in [-0.2, 0) is 10.0 Å². The average molecular weight is 357 g/mol. The smallest absolute Gasteiger partial charge is 0.247 e. The number of sulfonamides is 1. The molecule has 0 spiro atoms. The van der Waals surface area contributed by atoms with Crippen LogP contribution in [0.3, 0.4) is 0 Å². The van der Waals surface area contributed by atoms with Crippen molar-refractivity contribution >= 4 is 21.7 Å². The lowest BCUT2D eigenvalue weighted by Gasteiger charge is -2.03. The minimum atomic E-state index is -3.80. The highest BCUT2D eigenvalue weighted by Gasteiger charge is 2.21. The Balaban J connectivity index is 2.05. The first-order chi connectivity index (χ1) is 12.0. The van der Waals surface area contributed by atoms with Gasteiger partial charge in [0.05, 0.1) is 11.8 Å². The SMILES string of the molecule is O=S(=O)([NH+]=C(Nc1cccc[nH+]1)c1ccc(F)cc1)c1ccccc1. The molecule has 0 aliphatic rings. The molecule has 1 aromatic heterocycles. The second kappa shape index (κ2) is 7.23. The van der Waals surface area contributed by atoms with E-state index in [4.69, 9.17) is 0 Å². The van der Waals surface area contributed by atoms with Crippen molar-refractivity contribution < 1.29 is 22.2 Å². The summed E-state index contributed by atoms with van der Waals surface area (Å²) < 4.78 is 41.0. The molecule has 0 bridgehead atoms. The molecule has 0 radical (unpaired) electrons. The van der Waals surface area contributed by atoms with Gasteiger partial charge in [-0.05, 0) is 42.5 Å². The molecular weight excluding hydrogens is 341 g/mol. The van der Waals surface area contributed by atoms with Crippen molar-refractivity contribution in [3.8, 4) is 0 Å². The Kier molecular flexibility index (Phi) is 4.85. The van der Waals surface area contributed by atoms with Crippen molar-refractivity contribution in [3.05, 3.63) is 90.4 Å². The molecule has 1 heterocycles. The van der Waals surface area contributed by atoms with Gasteiger partial charge in [-0.1, -0.05) is 24.3 Å². The van der Waals surface area contributed by atoms with Crippen LogP contribution in [0, 0.1) is 5.82 Å². The zero-order valence-electron chi connectivity index (χ0n) is 13.1. The van der Waals surface area contributed by atoms with Crippen LogP contribution in [0.25, 0.3) is 0 Å². The lowest BCUT2D eigenvalue weighted by atomic mass is 10.2. The van der Waals surface area contributed by atoms with E-state index in [9.17, 15) is 12.8 Å². The minimum Gasteiger partial charge on any atom is -0.247 e. The van der Waals surface area contributed by atoms with Gasteiger partial charge in [-0.3, -0.25) is 0 Å². The molecule has 3 aromatic rings. The fourth-order valence-corrected chi connectivity index (χ4v) is 3.24. The Bertz CT molecular complexity index is 974. The van der Waals surface area contributed by atoms with E-state index in [0.29, 0.717) is 11.4 Å². The first kappa shape index (κ1) is 16.8. The Hall–Kier alpha value is -3.06. The zero-order chi connectivity index (χ0) is 17.7. The highest BCUT2D eigenvalue weighted by Crippen LogP contribution is 2.06. The van der Waals surface area contributed by atoms with Crippen LogP contribution in [0.2, 0.25) is 0 Å². The predicted molar refractivity (Wildman–Crippen MR) is 91.7 cm³/mol. The quantitative estimate of drug-likeness (QED) is 0.540. The molecule has 0 aliphatic heterocycles. The fourth-order valence-electron chi connectivity index (χ4n) is 2.17. The molecule has 2 aromatic carbocycles. The molecule has 25 heavy (non-hydrogen) atoms. The van der Waals surface area contributed by atoms with Gasteiger partial charge in [0.15, 0.2) is 0 Å². The maximum absolute atomic E-state index is 13.2. The van der Waals surface area contributed by atoms with Gasteiger partial charge >= 0.3 is 10.0 Å². The Morgan fingerprint density at radius 1 is 0.920 bits per heavy atom. The minimum absolute atomic E-state index is 0.133. The number of aromatic amines is 1. The highest BCUT2D eigenvalue weighted by atomic mass is 32.2. The van der Waals surface area contributed by atoms with Crippen LogP contribution >= 0.6 is 0 Å². The molecule has 3 rings (SSSR count). The van der Waals surface area contributed by atoms with Gasteiger partial charge < -0.3 is 0 Å². The molecule has 0 amide bonds. The summed E-state index contributed by atoms with van der Waals surface area (Å²) in [5, 5.41) is 2.99. The second-order valence-corrected chi connectivity index (χ2v) is 6.88. The molecule has 7 heteroatoms. The first-order valence-electron chi connectivity index (χ1n) is 7.49. The molecule has 0 aliphatic carbocycles. The van der Waals surface area contributed by atoms with Gasteiger partial charge in [0.2, 0.25) is 0 Å². The van der Waals surface area contributed by atoms with E-state index >= 15 is 0 Å². The summed E-state index contributed by atoms with van der Waals surface area (Å²) in [7, 11) is -3.80. The van der Waals surface area contributed by atoms with Crippen LogP contribution < -0.4 is 14.7 Å². The Morgan fingerprint density at radius 2 is 1.60 bits per heavy atom. The van der Waals surface area contributed by atoms with Crippen molar-refractivity contribution in [1.29, 1.82) is 0 Å². The summed E-state index contributed by atoms with van der Waals surface area (Å²) in [6.45, 7) is 0. The van der Waals surface area contributed by atoms with Crippen LogP contribution in [0.5, 0.6) is 0 Å². The average Bonchev–Trinajstić information content (AvgIpc) is 2.63. The summed E-state index contributed by atoms with van der Waals surface area (Å²) in [6.07, 6.45) is 1.70. The number of hydrogen-bond donors (Lipinski definition) is 2. The summed E-state index contributed by atoms with van der Waals surface area (Å²) in [5.41, 5.74) is 0.498. The van der Waals surface area contributed by atoms with Crippen LogP contribution in [0.15, 0.2) is 83.9 Å².